The van der Waals surface area contributed by atoms with Crippen LogP contribution in [0.25, 0.3) is 22.0 Å². The van der Waals surface area contributed by atoms with Crippen molar-refractivity contribution in [2.24, 2.45) is 7.05 Å². The van der Waals surface area contributed by atoms with Gasteiger partial charge in [-0.15, -0.1) is 0 Å². The smallest absolute Gasteiger partial charge is 0.201 e. The first kappa shape index (κ1) is 15.4. The predicted octanol–water partition coefficient (Wildman–Crippen LogP) is 5.40. The van der Waals surface area contributed by atoms with Gasteiger partial charge in [0.05, 0.1) is 5.56 Å². The fraction of sp³-hybridized carbons (Fsp3) is 0.348. The molecule has 0 fully saturated rings. The lowest BCUT2D eigenvalue weighted by Crippen LogP contribution is -2.38. The first-order chi connectivity index (χ1) is 11.3. The highest BCUT2D eigenvalue weighted by molar-refractivity contribution is 6.03. The second kappa shape index (κ2) is 4.92. The highest BCUT2D eigenvalue weighted by Gasteiger charge is 2.40. The average molecular weight is 316 g/mol. The van der Waals surface area contributed by atoms with E-state index in [9.17, 15) is 0 Å². The van der Waals surface area contributed by atoms with Crippen molar-refractivity contribution in [3.63, 3.8) is 0 Å². The normalized spacial score (nSPS) is 15.0. The number of hydrogen-bond donors (Lipinski definition) is 0. The van der Waals surface area contributed by atoms with E-state index in [2.05, 4.69) is 88.8 Å². The zero-order chi connectivity index (χ0) is 17.2. The Balaban J connectivity index is 2.30. The van der Waals surface area contributed by atoms with Crippen LogP contribution in [0.3, 0.4) is 0 Å². The molecule has 0 spiro atoms. The van der Waals surface area contributed by atoms with Crippen molar-refractivity contribution in [2.45, 2.75) is 46.0 Å². The van der Waals surface area contributed by atoms with Gasteiger partial charge in [-0.3, -0.25) is 0 Å². The molecule has 122 valence electrons. The summed E-state index contributed by atoms with van der Waals surface area (Å²) in [6.45, 7) is 11.6. The molecule has 1 heteroatoms. The summed E-state index contributed by atoms with van der Waals surface area (Å²) in [6, 6.07) is 13.6. The lowest BCUT2D eigenvalue weighted by Gasteiger charge is -2.35. The van der Waals surface area contributed by atoms with Gasteiger partial charge in [-0.1, -0.05) is 58.0 Å². The Hall–Kier alpha value is -2.15. The number of nitrogens with zero attached hydrogens (tertiary/aromatic N) is 1. The van der Waals surface area contributed by atoms with Gasteiger partial charge in [0.15, 0.2) is 6.20 Å². The molecule has 1 heterocycles. The molecule has 0 radical (unpaired) electrons. The standard InChI is InChI=1S/C23H26N/c1-14(2)17-12-13-24(6)22-19-15(3)10-11-16-8-7-9-18(20(16)19)23(4,5)21(17)22/h7-14H,1-6H3/q+1. The van der Waals surface area contributed by atoms with Crippen molar-refractivity contribution in [3.05, 3.63) is 64.8 Å². The van der Waals surface area contributed by atoms with E-state index < -0.39 is 0 Å². The van der Waals surface area contributed by atoms with Gasteiger partial charge in [0.2, 0.25) is 5.69 Å². The Morgan fingerprint density at radius 3 is 2.46 bits per heavy atom. The first-order valence-corrected chi connectivity index (χ1v) is 8.90. The summed E-state index contributed by atoms with van der Waals surface area (Å²) in [5.41, 5.74) is 8.61. The molecule has 1 aliphatic carbocycles. The van der Waals surface area contributed by atoms with Crippen LogP contribution in [-0.2, 0) is 12.5 Å². The second-order valence-corrected chi connectivity index (χ2v) is 8.05. The van der Waals surface area contributed by atoms with Crippen LogP contribution < -0.4 is 4.57 Å². The second-order valence-electron chi connectivity index (χ2n) is 8.05. The first-order valence-electron chi connectivity index (χ1n) is 8.90. The van der Waals surface area contributed by atoms with Crippen molar-refractivity contribution >= 4 is 10.8 Å². The van der Waals surface area contributed by atoms with Crippen molar-refractivity contribution < 1.29 is 4.57 Å². The molecule has 0 saturated carbocycles. The maximum Gasteiger partial charge on any atom is 0.217 e. The summed E-state index contributed by atoms with van der Waals surface area (Å²) in [4.78, 5) is 0. The Kier molecular flexibility index (Phi) is 3.16. The van der Waals surface area contributed by atoms with E-state index >= 15 is 0 Å². The molecule has 0 saturated heterocycles. The predicted molar refractivity (Wildman–Crippen MR) is 102 cm³/mol. The van der Waals surface area contributed by atoms with E-state index in [4.69, 9.17) is 0 Å². The molecular weight excluding hydrogens is 290 g/mol. The van der Waals surface area contributed by atoms with Crippen molar-refractivity contribution in [1.82, 2.24) is 0 Å². The minimum Gasteiger partial charge on any atom is -0.201 e. The molecule has 0 N–H and O–H groups in total. The van der Waals surface area contributed by atoms with Crippen LogP contribution in [-0.4, -0.2) is 0 Å². The summed E-state index contributed by atoms with van der Waals surface area (Å²) in [5.74, 6) is 0.518. The van der Waals surface area contributed by atoms with E-state index in [-0.39, 0.29) is 5.41 Å². The average Bonchev–Trinajstić information content (AvgIpc) is 2.53. The summed E-state index contributed by atoms with van der Waals surface area (Å²) in [6.07, 6.45) is 2.23. The maximum atomic E-state index is 2.39. The fourth-order valence-electron chi connectivity index (χ4n) is 4.55. The minimum absolute atomic E-state index is 0.00819. The molecule has 4 rings (SSSR count). The lowest BCUT2D eigenvalue weighted by atomic mass is 9.67. The van der Waals surface area contributed by atoms with Crippen LogP contribution in [0.5, 0.6) is 0 Å². The van der Waals surface area contributed by atoms with Crippen LogP contribution in [0.15, 0.2) is 42.6 Å². The van der Waals surface area contributed by atoms with Gasteiger partial charge in [-0.2, -0.15) is 0 Å². The molecule has 24 heavy (non-hydrogen) atoms. The SMILES string of the molecule is Cc1ccc2cccc3c2c1-c1c(c(C(C)C)cc[n+]1C)C3(C)C. The Morgan fingerprint density at radius 2 is 1.75 bits per heavy atom. The molecule has 1 aliphatic rings. The zero-order valence-electron chi connectivity index (χ0n) is 15.6. The minimum atomic E-state index is 0.00819. The Morgan fingerprint density at radius 1 is 1.00 bits per heavy atom. The Bertz CT molecular complexity index is 977. The zero-order valence-corrected chi connectivity index (χ0v) is 15.6. The quantitative estimate of drug-likeness (QED) is 0.529. The van der Waals surface area contributed by atoms with E-state index in [0.29, 0.717) is 5.92 Å². The third-order valence-corrected chi connectivity index (χ3v) is 5.77. The van der Waals surface area contributed by atoms with Crippen LogP contribution in [0.1, 0.15) is 55.9 Å². The molecule has 0 aliphatic heterocycles. The lowest BCUT2D eigenvalue weighted by molar-refractivity contribution is -0.661. The summed E-state index contributed by atoms with van der Waals surface area (Å²) < 4.78 is 2.32. The van der Waals surface area contributed by atoms with Crippen LogP contribution in [0.2, 0.25) is 0 Å². The van der Waals surface area contributed by atoms with Gasteiger partial charge >= 0.3 is 0 Å². The molecule has 0 atom stereocenters. The van der Waals surface area contributed by atoms with Crippen LogP contribution >= 0.6 is 0 Å². The van der Waals surface area contributed by atoms with Crippen LogP contribution in [0.4, 0.5) is 0 Å². The molecule has 0 amide bonds. The molecule has 0 bridgehead atoms. The number of aryl methyl sites for hydroxylation is 2. The van der Waals surface area contributed by atoms with E-state index in [1.165, 1.54) is 44.3 Å². The molecule has 2 aromatic carbocycles. The topological polar surface area (TPSA) is 3.88 Å². The highest BCUT2D eigenvalue weighted by atomic mass is 14.9. The van der Waals surface area contributed by atoms with Gasteiger partial charge in [0, 0.05) is 17.0 Å². The number of aromatic nitrogens is 1. The number of fused-ring (bicyclic) bond motifs is 2. The monoisotopic (exact) mass is 316 g/mol. The molecule has 1 aromatic heterocycles. The molecule has 3 aromatic rings. The molecule has 0 unspecified atom stereocenters. The van der Waals surface area contributed by atoms with Gasteiger partial charge < -0.3 is 0 Å². The van der Waals surface area contributed by atoms with E-state index in [0.717, 1.165) is 0 Å². The molecular formula is C23H26N+. The number of pyridine rings is 1. The number of benzene rings is 2. The third kappa shape index (κ3) is 1.84. The van der Waals surface area contributed by atoms with Crippen LogP contribution in [0, 0.1) is 6.92 Å². The highest BCUT2D eigenvalue weighted by Crippen LogP contribution is 2.50. The van der Waals surface area contributed by atoms with Gasteiger partial charge in [-0.05, 0) is 40.3 Å². The summed E-state index contributed by atoms with van der Waals surface area (Å²) in [7, 11) is 2.19. The van der Waals surface area contributed by atoms with E-state index in [1.807, 2.05) is 0 Å². The number of rotatable bonds is 1. The maximum absolute atomic E-state index is 2.39. The van der Waals surface area contributed by atoms with E-state index in [1.54, 1.807) is 0 Å². The number of hydrogen-bond acceptors (Lipinski definition) is 0. The summed E-state index contributed by atoms with van der Waals surface area (Å²) in [5, 5.41) is 2.79. The largest absolute Gasteiger partial charge is 0.217 e. The third-order valence-electron chi connectivity index (χ3n) is 5.77. The Labute approximate surface area is 145 Å². The summed E-state index contributed by atoms with van der Waals surface area (Å²) >= 11 is 0. The van der Waals surface area contributed by atoms with Gasteiger partial charge in [0.25, 0.3) is 0 Å². The van der Waals surface area contributed by atoms with Gasteiger partial charge in [-0.25, -0.2) is 4.57 Å². The van der Waals surface area contributed by atoms with Crippen molar-refractivity contribution in [1.29, 1.82) is 0 Å². The van der Waals surface area contributed by atoms with Crippen molar-refractivity contribution in [2.75, 3.05) is 0 Å². The van der Waals surface area contributed by atoms with Gasteiger partial charge in [0.1, 0.15) is 7.05 Å². The molecule has 1 nitrogen and oxygen atoms in total. The van der Waals surface area contributed by atoms with Crippen molar-refractivity contribution in [3.8, 4) is 11.3 Å². The fourth-order valence-corrected chi connectivity index (χ4v) is 4.55.